The van der Waals surface area contributed by atoms with Crippen LogP contribution in [0.1, 0.15) is 75.3 Å². The Bertz CT molecular complexity index is 553. The van der Waals surface area contributed by atoms with E-state index in [1.54, 1.807) is 0 Å². The van der Waals surface area contributed by atoms with Gasteiger partial charge in [-0.25, -0.2) is 0 Å². The number of anilines is 1. The molecule has 3 rings (SSSR count). The summed E-state index contributed by atoms with van der Waals surface area (Å²) in [5.74, 6) is 0.157. The largest absolute Gasteiger partial charge is 0.325 e. The van der Waals surface area contributed by atoms with E-state index in [1.165, 1.54) is 69.8 Å². The van der Waals surface area contributed by atoms with Crippen LogP contribution in [-0.2, 0) is 4.79 Å². The topological polar surface area (TPSA) is 32.3 Å². The number of benzene rings is 1. The number of hydrogen-bond acceptors (Lipinski definition) is 2. The van der Waals surface area contributed by atoms with E-state index >= 15 is 0 Å². The number of nitrogens with zero attached hydrogens (tertiary/aromatic N) is 1. The van der Waals surface area contributed by atoms with Crippen molar-refractivity contribution in [2.45, 2.75) is 90.1 Å². The highest BCUT2D eigenvalue weighted by atomic mass is 16.2. The number of amides is 1. The van der Waals surface area contributed by atoms with Crippen molar-refractivity contribution in [1.82, 2.24) is 4.90 Å². The van der Waals surface area contributed by atoms with Crippen LogP contribution >= 0.6 is 0 Å². The molecule has 1 aromatic carbocycles. The minimum atomic E-state index is 0.157. The molecule has 1 N–H and O–H groups in total. The predicted octanol–water partition coefficient (Wildman–Crippen LogP) is 5.21. The van der Waals surface area contributed by atoms with Gasteiger partial charge in [-0.05, 0) is 56.7 Å². The molecule has 138 valence electrons. The SMILES string of the molecule is Cc1ccc(C)c(NC(=O)CN(C2CCCCC2)C2CCCCC2)c1. The number of nitrogens with one attached hydrogen (secondary N) is 1. The normalized spacial score (nSPS) is 20.0. The third-order valence-corrected chi connectivity index (χ3v) is 6.08. The van der Waals surface area contributed by atoms with Crippen LogP contribution < -0.4 is 5.32 Å². The molecule has 0 heterocycles. The summed E-state index contributed by atoms with van der Waals surface area (Å²) < 4.78 is 0. The molecule has 2 aliphatic rings. The fourth-order valence-electron chi connectivity index (χ4n) is 4.61. The van der Waals surface area contributed by atoms with Crippen LogP contribution in [0.25, 0.3) is 0 Å². The molecule has 2 fully saturated rings. The second kappa shape index (κ2) is 8.84. The smallest absolute Gasteiger partial charge is 0.238 e. The lowest BCUT2D eigenvalue weighted by molar-refractivity contribution is -0.119. The molecule has 2 aliphatic carbocycles. The summed E-state index contributed by atoms with van der Waals surface area (Å²) in [6.45, 7) is 4.70. The van der Waals surface area contributed by atoms with Crippen LogP contribution in [0.3, 0.4) is 0 Å². The van der Waals surface area contributed by atoms with Crippen molar-refractivity contribution in [2.24, 2.45) is 0 Å². The average molecular weight is 343 g/mol. The fourth-order valence-corrected chi connectivity index (χ4v) is 4.61. The van der Waals surface area contributed by atoms with Gasteiger partial charge in [0, 0.05) is 17.8 Å². The summed E-state index contributed by atoms with van der Waals surface area (Å²) in [5.41, 5.74) is 3.30. The van der Waals surface area contributed by atoms with Crippen LogP contribution in [0.5, 0.6) is 0 Å². The Morgan fingerprint density at radius 3 is 2.08 bits per heavy atom. The molecule has 0 atom stereocenters. The zero-order valence-electron chi connectivity index (χ0n) is 16.0. The third kappa shape index (κ3) is 5.07. The maximum atomic E-state index is 12.8. The quantitative estimate of drug-likeness (QED) is 0.796. The Balaban J connectivity index is 1.67. The maximum Gasteiger partial charge on any atom is 0.238 e. The van der Waals surface area contributed by atoms with Crippen LogP contribution in [0.4, 0.5) is 5.69 Å². The van der Waals surface area contributed by atoms with Gasteiger partial charge in [-0.2, -0.15) is 0 Å². The van der Waals surface area contributed by atoms with Gasteiger partial charge in [0.1, 0.15) is 0 Å². The van der Waals surface area contributed by atoms with E-state index in [1.807, 2.05) is 0 Å². The standard InChI is InChI=1S/C22H34N2O/c1-17-13-14-18(2)21(15-17)23-22(25)16-24(19-9-5-3-6-10-19)20-11-7-4-8-12-20/h13-15,19-20H,3-12,16H2,1-2H3,(H,23,25). The second-order valence-corrected chi connectivity index (χ2v) is 8.12. The van der Waals surface area contributed by atoms with Crippen molar-refractivity contribution in [3.8, 4) is 0 Å². The number of carbonyl (C=O) groups is 1. The second-order valence-electron chi connectivity index (χ2n) is 8.12. The van der Waals surface area contributed by atoms with Crippen LogP contribution in [-0.4, -0.2) is 29.4 Å². The lowest BCUT2D eigenvalue weighted by Gasteiger charge is -2.41. The summed E-state index contributed by atoms with van der Waals surface area (Å²) >= 11 is 0. The first-order chi connectivity index (χ1) is 12.1. The molecule has 3 heteroatoms. The monoisotopic (exact) mass is 342 g/mol. The Labute approximate surface area is 153 Å². The molecule has 1 aromatic rings. The van der Waals surface area contributed by atoms with Gasteiger partial charge < -0.3 is 5.32 Å². The van der Waals surface area contributed by atoms with Gasteiger partial charge in [0.15, 0.2) is 0 Å². The third-order valence-electron chi connectivity index (χ3n) is 6.08. The summed E-state index contributed by atoms with van der Waals surface area (Å²) in [6, 6.07) is 7.49. The van der Waals surface area contributed by atoms with Gasteiger partial charge in [0.2, 0.25) is 5.91 Å². The molecule has 3 nitrogen and oxygen atoms in total. The molecule has 0 bridgehead atoms. The summed E-state index contributed by atoms with van der Waals surface area (Å²) in [5, 5.41) is 3.18. The number of carbonyl (C=O) groups excluding carboxylic acids is 1. The zero-order chi connectivity index (χ0) is 17.6. The maximum absolute atomic E-state index is 12.8. The molecule has 0 spiro atoms. The number of hydrogen-bond donors (Lipinski definition) is 1. The van der Waals surface area contributed by atoms with Crippen molar-refractivity contribution in [1.29, 1.82) is 0 Å². The predicted molar refractivity (Wildman–Crippen MR) is 105 cm³/mol. The van der Waals surface area contributed by atoms with Crippen molar-refractivity contribution < 1.29 is 4.79 Å². The van der Waals surface area contributed by atoms with Crippen LogP contribution in [0.15, 0.2) is 18.2 Å². The molecule has 0 saturated heterocycles. The molecule has 0 radical (unpaired) electrons. The lowest BCUT2D eigenvalue weighted by atomic mass is 9.88. The highest BCUT2D eigenvalue weighted by Gasteiger charge is 2.30. The average Bonchev–Trinajstić information content (AvgIpc) is 2.64. The van der Waals surface area contributed by atoms with E-state index in [0.29, 0.717) is 18.6 Å². The van der Waals surface area contributed by atoms with E-state index in [9.17, 15) is 4.79 Å². The van der Waals surface area contributed by atoms with Crippen molar-refractivity contribution in [3.05, 3.63) is 29.3 Å². The lowest BCUT2D eigenvalue weighted by Crippen LogP contribution is -2.48. The Morgan fingerprint density at radius 1 is 0.960 bits per heavy atom. The highest BCUT2D eigenvalue weighted by molar-refractivity contribution is 5.93. The number of rotatable bonds is 5. The van der Waals surface area contributed by atoms with Gasteiger partial charge in [-0.15, -0.1) is 0 Å². The van der Waals surface area contributed by atoms with Crippen LogP contribution in [0.2, 0.25) is 0 Å². The molecule has 0 aromatic heterocycles. The molecule has 0 unspecified atom stereocenters. The summed E-state index contributed by atoms with van der Waals surface area (Å²) in [6.07, 6.45) is 13.1. The van der Waals surface area contributed by atoms with Gasteiger partial charge in [0.05, 0.1) is 6.54 Å². The van der Waals surface area contributed by atoms with Gasteiger partial charge in [-0.1, -0.05) is 50.7 Å². The molecule has 0 aliphatic heterocycles. The molecular weight excluding hydrogens is 308 g/mol. The van der Waals surface area contributed by atoms with E-state index in [-0.39, 0.29) is 5.91 Å². The number of aryl methyl sites for hydroxylation is 2. The van der Waals surface area contributed by atoms with Crippen molar-refractivity contribution in [3.63, 3.8) is 0 Å². The summed E-state index contributed by atoms with van der Waals surface area (Å²) in [7, 11) is 0. The molecule has 25 heavy (non-hydrogen) atoms. The Hall–Kier alpha value is -1.35. The minimum Gasteiger partial charge on any atom is -0.325 e. The Kier molecular flexibility index (Phi) is 6.52. The Morgan fingerprint density at radius 2 is 1.52 bits per heavy atom. The first-order valence-electron chi connectivity index (χ1n) is 10.3. The van der Waals surface area contributed by atoms with Crippen molar-refractivity contribution in [2.75, 3.05) is 11.9 Å². The van der Waals surface area contributed by atoms with Crippen LogP contribution in [0, 0.1) is 13.8 Å². The van der Waals surface area contributed by atoms with Crippen molar-refractivity contribution >= 4 is 11.6 Å². The zero-order valence-corrected chi connectivity index (χ0v) is 16.0. The summed E-state index contributed by atoms with van der Waals surface area (Å²) in [4.78, 5) is 15.4. The molecule has 1 amide bonds. The molecular formula is C22H34N2O. The van der Waals surface area contributed by atoms with E-state index < -0.39 is 0 Å². The van der Waals surface area contributed by atoms with E-state index in [0.717, 1.165) is 11.3 Å². The van der Waals surface area contributed by atoms with Gasteiger partial charge in [-0.3, -0.25) is 9.69 Å². The van der Waals surface area contributed by atoms with E-state index in [4.69, 9.17) is 0 Å². The first-order valence-corrected chi connectivity index (χ1v) is 10.3. The van der Waals surface area contributed by atoms with Gasteiger partial charge in [0.25, 0.3) is 0 Å². The first kappa shape index (κ1) is 18.4. The minimum absolute atomic E-state index is 0.157. The van der Waals surface area contributed by atoms with E-state index in [2.05, 4.69) is 42.3 Å². The highest BCUT2D eigenvalue weighted by Crippen LogP contribution is 2.30. The van der Waals surface area contributed by atoms with Gasteiger partial charge >= 0.3 is 0 Å². The fraction of sp³-hybridized carbons (Fsp3) is 0.682. The molecule has 2 saturated carbocycles.